The van der Waals surface area contributed by atoms with Crippen molar-refractivity contribution < 1.29 is 14.3 Å². The van der Waals surface area contributed by atoms with Crippen LogP contribution in [-0.4, -0.2) is 35.9 Å². The number of morpholine rings is 1. The van der Waals surface area contributed by atoms with Crippen molar-refractivity contribution in [2.45, 2.75) is 26.0 Å². The molecule has 136 valence electrons. The number of carbonyl (C=O) groups excluding carboxylic acids is 2. The molecule has 6 heteroatoms. The Morgan fingerprint density at radius 1 is 1.19 bits per heavy atom. The van der Waals surface area contributed by atoms with E-state index in [2.05, 4.69) is 21.2 Å². The van der Waals surface area contributed by atoms with Crippen LogP contribution < -0.4 is 5.32 Å². The van der Waals surface area contributed by atoms with Crippen LogP contribution >= 0.6 is 15.9 Å². The summed E-state index contributed by atoms with van der Waals surface area (Å²) in [7, 11) is 0. The third-order valence-corrected chi connectivity index (χ3v) is 4.98. The van der Waals surface area contributed by atoms with Crippen LogP contribution in [-0.2, 0) is 9.53 Å². The first kappa shape index (κ1) is 18.6. The van der Waals surface area contributed by atoms with Gasteiger partial charge in [0.15, 0.2) is 0 Å². The van der Waals surface area contributed by atoms with Crippen LogP contribution in [0.2, 0.25) is 0 Å². The Balaban J connectivity index is 1.80. The number of nitrogens with zero attached hydrogens (tertiary/aromatic N) is 1. The van der Waals surface area contributed by atoms with E-state index < -0.39 is 0 Å². The van der Waals surface area contributed by atoms with Crippen LogP contribution in [0.1, 0.15) is 35.9 Å². The highest BCUT2D eigenvalue weighted by Gasteiger charge is 2.33. The van der Waals surface area contributed by atoms with Crippen LogP contribution in [0.25, 0.3) is 0 Å². The maximum absolute atomic E-state index is 13.0. The SMILES string of the molecule is CC(=O)Nc1cccc(C(=O)N2CCO[C@@H](c3ccc(Br)cc3)[C@H]2C)c1. The molecule has 1 fully saturated rings. The van der Waals surface area contributed by atoms with Gasteiger partial charge in [-0.05, 0) is 42.8 Å². The number of ether oxygens (including phenoxy) is 1. The molecule has 2 atom stereocenters. The van der Waals surface area contributed by atoms with Crippen molar-refractivity contribution in [2.75, 3.05) is 18.5 Å². The van der Waals surface area contributed by atoms with Gasteiger partial charge in [0.2, 0.25) is 5.91 Å². The summed E-state index contributed by atoms with van der Waals surface area (Å²) in [5, 5.41) is 2.72. The molecule has 2 aromatic rings. The number of nitrogens with one attached hydrogen (secondary N) is 1. The molecular weight excluding hydrogens is 396 g/mol. The average Bonchev–Trinajstić information content (AvgIpc) is 2.62. The van der Waals surface area contributed by atoms with Crippen LogP contribution in [0.5, 0.6) is 0 Å². The van der Waals surface area contributed by atoms with Crippen LogP contribution in [0.4, 0.5) is 5.69 Å². The smallest absolute Gasteiger partial charge is 0.254 e. The van der Waals surface area contributed by atoms with Gasteiger partial charge >= 0.3 is 0 Å². The molecule has 1 aliphatic rings. The van der Waals surface area contributed by atoms with Crippen molar-refractivity contribution in [1.82, 2.24) is 4.90 Å². The van der Waals surface area contributed by atoms with E-state index in [1.54, 1.807) is 24.3 Å². The van der Waals surface area contributed by atoms with Gasteiger partial charge in [0.05, 0.1) is 12.6 Å². The Morgan fingerprint density at radius 3 is 2.62 bits per heavy atom. The van der Waals surface area contributed by atoms with E-state index in [0.29, 0.717) is 24.4 Å². The molecule has 1 aliphatic heterocycles. The summed E-state index contributed by atoms with van der Waals surface area (Å²) < 4.78 is 6.95. The highest BCUT2D eigenvalue weighted by atomic mass is 79.9. The number of anilines is 1. The fourth-order valence-corrected chi connectivity index (χ4v) is 3.46. The summed E-state index contributed by atoms with van der Waals surface area (Å²) in [6, 6.07) is 14.9. The van der Waals surface area contributed by atoms with Crippen molar-refractivity contribution in [3.8, 4) is 0 Å². The van der Waals surface area contributed by atoms with E-state index in [9.17, 15) is 9.59 Å². The minimum atomic E-state index is -0.167. The van der Waals surface area contributed by atoms with Gasteiger partial charge in [-0.3, -0.25) is 9.59 Å². The first-order valence-electron chi connectivity index (χ1n) is 8.51. The lowest BCUT2D eigenvalue weighted by molar-refractivity contribution is -0.114. The predicted molar refractivity (Wildman–Crippen MR) is 104 cm³/mol. The molecule has 0 spiro atoms. The Kier molecular flexibility index (Phi) is 5.74. The number of carbonyl (C=O) groups is 2. The fourth-order valence-electron chi connectivity index (χ4n) is 3.20. The Bertz CT molecular complexity index is 807. The average molecular weight is 417 g/mol. The zero-order chi connectivity index (χ0) is 18.7. The number of hydrogen-bond donors (Lipinski definition) is 1. The standard InChI is InChI=1S/C20H21BrN2O3/c1-13-19(15-6-8-17(21)9-7-15)26-11-10-23(13)20(25)16-4-3-5-18(12-16)22-14(2)24/h3-9,12-13,19H,10-11H2,1-2H3,(H,22,24)/t13-,19-/m1/s1. The van der Waals surface area contributed by atoms with Gasteiger partial charge < -0.3 is 15.0 Å². The second-order valence-electron chi connectivity index (χ2n) is 6.34. The lowest BCUT2D eigenvalue weighted by Gasteiger charge is -2.39. The quantitative estimate of drug-likeness (QED) is 0.821. The first-order valence-corrected chi connectivity index (χ1v) is 9.30. The van der Waals surface area contributed by atoms with Gasteiger partial charge in [-0.25, -0.2) is 0 Å². The normalized spacial score (nSPS) is 19.9. The van der Waals surface area contributed by atoms with Gasteiger partial charge in [0.25, 0.3) is 5.91 Å². The molecule has 0 unspecified atom stereocenters. The summed E-state index contributed by atoms with van der Waals surface area (Å²) in [6.07, 6.45) is -0.167. The number of rotatable bonds is 3. The number of halogens is 1. The molecule has 0 aliphatic carbocycles. The molecule has 5 nitrogen and oxygen atoms in total. The van der Waals surface area contributed by atoms with E-state index in [1.807, 2.05) is 36.1 Å². The van der Waals surface area contributed by atoms with Crippen molar-refractivity contribution >= 4 is 33.4 Å². The maximum atomic E-state index is 13.0. The van der Waals surface area contributed by atoms with Gasteiger partial charge in [0, 0.05) is 29.2 Å². The zero-order valence-corrected chi connectivity index (χ0v) is 16.3. The second kappa shape index (κ2) is 8.01. The molecule has 26 heavy (non-hydrogen) atoms. The van der Waals surface area contributed by atoms with Crippen molar-refractivity contribution in [1.29, 1.82) is 0 Å². The molecule has 0 radical (unpaired) electrons. The molecule has 2 amide bonds. The largest absolute Gasteiger partial charge is 0.370 e. The molecule has 1 N–H and O–H groups in total. The third-order valence-electron chi connectivity index (χ3n) is 4.45. The minimum Gasteiger partial charge on any atom is -0.370 e. The van der Waals surface area contributed by atoms with Crippen molar-refractivity contribution in [3.05, 3.63) is 64.1 Å². The van der Waals surface area contributed by atoms with Gasteiger partial charge in [-0.1, -0.05) is 34.1 Å². The summed E-state index contributed by atoms with van der Waals surface area (Å²) in [4.78, 5) is 26.1. The van der Waals surface area contributed by atoms with Gasteiger partial charge in [0.1, 0.15) is 6.10 Å². The number of hydrogen-bond acceptors (Lipinski definition) is 3. The molecule has 2 aromatic carbocycles. The highest BCUT2D eigenvalue weighted by molar-refractivity contribution is 9.10. The van der Waals surface area contributed by atoms with Crippen LogP contribution in [0.3, 0.4) is 0 Å². The molecular formula is C20H21BrN2O3. The molecule has 1 saturated heterocycles. The summed E-state index contributed by atoms with van der Waals surface area (Å²) in [6.45, 7) is 4.47. The topological polar surface area (TPSA) is 58.6 Å². The van der Waals surface area contributed by atoms with E-state index >= 15 is 0 Å². The Morgan fingerprint density at radius 2 is 1.92 bits per heavy atom. The van der Waals surface area contributed by atoms with E-state index in [-0.39, 0.29) is 24.0 Å². The third kappa shape index (κ3) is 4.14. The maximum Gasteiger partial charge on any atom is 0.254 e. The van der Waals surface area contributed by atoms with Crippen LogP contribution in [0, 0.1) is 0 Å². The predicted octanol–water partition coefficient (Wildman–Crippen LogP) is 4.01. The molecule has 0 aromatic heterocycles. The first-order chi connectivity index (χ1) is 12.5. The highest BCUT2D eigenvalue weighted by Crippen LogP contribution is 2.30. The van der Waals surface area contributed by atoms with Gasteiger partial charge in [-0.2, -0.15) is 0 Å². The van der Waals surface area contributed by atoms with E-state index in [1.165, 1.54) is 6.92 Å². The van der Waals surface area contributed by atoms with Crippen LogP contribution in [0.15, 0.2) is 53.0 Å². The second-order valence-corrected chi connectivity index (χ2v) is 7.26. The lowest BCUT2D eigenvalue weighted by Crippen LogP contribution is -2.48. The summed E-state index contributed by atoms with van der Waals surface area (Å²) in [5.41, 5.74) is 2.22. The minimum absolute atomic E-state index is 0.0601. The monoisotopic (exact) mass is 416 g/mol. The summed E-state index contributed by atoms with van der Waals surface area (Å²) >= 11 is 3.44. The van der Waals surface area contributed by atoms with E-state index in [0.717, 1.165) is 10.0 Å². The van der Waals surface area contributed by atoms with Gasteiger partial charge in [-0.15, -0.1) is 0 Å². The molecule has 3 rings (SSSR count). The molecule has 1 heterocycles. The van der Waals surface area contributed by atoms with E-state index in [4.69, 9.17) is 4.74 Å². The lowest BCUT2D eigenvalue weighted by atomic mass is 9.99. The zero-order valence-electron chi connectivity index (χ0n) is 14.7. The van der Waals surface area contributed by atoms with Crippen molar-refractivity contribution in [3.63, 3.8) is 0 Å². The molecule has 0 saturated carbocycles. The fraction of sp³-hybridized carbons (Fsp3) is 0.300. The summed E-state index contributed by atoms with van der Waals surface area (Å²) in [5.74, 6) is -0.222. The Hall–Kier alpha value is -2.18. The molecule has 0 bridgehead atoms. The van der Waals surface area contributed by atoms with Crippen molar-refractivity contribution in [2.24, 2.45) is 0 Å². The number of benzene rings is 2. The number of amides is 2. The Labute approximate surface area is 161 Å².